The molecule has 72 heavy (non-hydrogen) atoms. The van der Waals surface area contributed by atoms with Crippen molar-refractivity contribution in [2.24, 2.45) is 5.73 Å². The molecule has 0 aromatic heterocycles. The van der Waals surface area contributed by atoms with Gasteiger partial charge in [0.05, 0.1) is 10.8 Å². The molecule has 0 aliphatic heterocycles. The summed E-state index contributed by atoms with van der Waals surface area (Å²) in [5.74, 6) is 0. The van der Waals surface area contributed by atoms with Gasteiger partial charge in [-0.3, -0.25) is 4.55 Å². The Labute approximate surface area is 388 Å². The van der Waals surface area contributed by atoms with Gasteiger partial charge in [0.2, 0.25) is 0 Å². The molecular formula is C64H8F3NO3S. The average Bonchev–Trinajstić information content (AvgIpc) is 4.34. The van der Waals surface area contributed by atoms with Crippen LogP contribution in [0.3, 0.4) is 0 Å². The normalized spacial score (nSPS) is 24.3. The summed E-state index contributed by atoms with van der Waals surface area (Å²) in [4.78, 5) is 0. The lowest BCUT2D eigenvalue weighted by atomic mass is 9.68. The second-order valence-electron chi connectivity index (χ2n) is 25.5. The van der Waals surface area contributed by atoms with E-state index >= 15 is 0 Å². The van der Waals surface area contributed by atoms with E-state index in [-0.39, 0.29) is 10.8 Å². The molecule has 0 heterocycles. The molecule has 5 aliphatic rings. The van der Waals surface area contributed by atoms with Crippen LogP contribution in [-0.4, -0.2) is 24.0 Å². The minimum absolute atomic E-state index is 0.264. The minimum Gasteiger partial charge on any atom is -0.323 e. The minimum atomic E-state index is -5.84. The van der Waals surface area contributed by atoms with Gasteiger partial charge in [-0.05, 0) is 320 Å². The summed E-state index contributed by atoms with van der Waals surface area (Å²) in [6, 6.07) is 0. The monoisotopic (exact) mass is 927 g/mol. The van der Waals surface area contributed by atoms with Crippen molar-refractivity contribution in [1.82, 2.24) is 0 Å². The summed E-state index contributed by atoms with van der Waals surface area (Å²) in [6.45, 7) is 2.51. The first-order chi connectivity index (χ1) is 35.0. The largest absolute Gasteiger partial charge is 0.522 e. The number of halogens is 3. The van der Waals surface area contributed by atoms with Crippen molar-refractivity contribution in [3.63, 3.8) is 0 Å². The topological polar surface area (TPSA) is 80.4 Å². The van der Waals surface area contributed by atoms with E-state index in [2.05, 4.69) is 6.92 Å². The highest BCUT2D eigenvalue weighted by molar-refractivity contribution is 7.86. The summed E-state index contributed by atoms with van der Waals surface area (Å²) in [7, 11) is -5.84. The first-order valence-electron chi connectivity index (χ1n) is 25.6. The van der Waals surface area contributed by atoms with Gasteiger partial charge in [0.15, 0.2) is 0 Å². The molecular weight excluding hydrogens is 920 g/mol. The Balaban J connectivity index is 0.000000382. The summed E-state index contributed by atoms with van der Waals surface area (Å²) >= 11 is 0. The molecule has 0 atom stereocenters. The fraction of sp³-hybridized carbons (Fsp3) is 0.0938. The molecule has 0 amide bonds. The highest BCUT2D eigenvalue weighted by Crippen LogP contribution is 2.93. The third-order valence-electron chi connectivity index (χ3n) is 25.4. The third-order valence-corrected chi connectivity index (χ3v) is 26.0. The molecule has 28 aromatic carbocycles. The van der Waals surface area contributed by atoms with E-state index in [1.54, 1.807) is 313 Å². The van der Waals surface area contributed by atoms with Gasteiger partial charge in [0.1, 0.15) is 0 Å². The number of benzene rings is 18. The quantitative estimate of drug-likeness (QED) is 0.0976. The Morgan fingerprint density at radius 1 is 0.306 bits per heavy atom. The second-order valence-corrected chi connectivity index (χ2v) is 26.9. The van der Waals surface area contributed by atoms with Crippen molar-refractivity contribution >= 4 is 301 Å². The highest BCUT2D eigenvalue weighted by atomic mass is 32.2. The number of nitrogens with two attached hydrogens (primary N) is 1. The molecule has 3 N–H and O–H groups in total. The van der Waals surface area contributed by atoms with Gasteiger partial charge < -0.3 is 5.73 Å². The fourth-order valence-corrected chi connectivity index (χ4v) is 25.3. The van der Waals surface area contributed by atoms with Gasteiger partial charge >= 0.3 is 15.6 Å². The summed E-state index contributed by atoms with van der Waals surface area (Å²) in [5, 5.41) is 89.7. The van der Waals surface area contributed by atoms with Crippen LogP contribution < -0.4 is 5.73 Å². The fourth-order valence-electron chi connectivity index (χ4n) is 25.3. The Bertz CT molecular complexity index is 6860. The standard InChI is InChI=1S/C63H7N.CHF3O3S/c1-2-61(64)62-57-49-41-31-21-13-5-3-4-7-11-9(5)17-25-19(11)29-23-15(7)16-8(4)12-10-6(3)14(13)22-28-18(10)26-20(12)30-24(16)34-33(23)43-37(29)47-39(25)45(35(41)27(17)21)53(57)55(47)59-51(43)52-44(34)38(30)48-40(26)46-36(28)42(32(22)31)50(49)58(62)54(46)56(48)60(52)63(59,61)62;2-1(3,4)8(5,6)7/h2,64H2,1H3;(H,5,6,7). The van der Waals surface area contributed by atoms with Gasteiger partial charge in [0, 0.05) is 5.54 Å². The van der Waals surface area contributed by atoms with E-state index in [9.17, 15) is 13.2 Å². The van der Waals surface area contributed by atoms with Gasteiger partial charge in [-0.15, -0.1) is 0 Å². The summed E-state index contributed by atoms with van der Waals surface area (Å²) in [6.07, 6.45) is 0.991. The lowest BCUT2D eigenvalue weighted by molar-refractivity contribution is -0.0510. The molecule has 0 bridgehead atoms. The van der Waals surface area contributed by atoms with Crippen molar-refractivity contribution in [2.75, 3.05) is 0 Å². The Morgan fingerprint density at radius 3 is 0.486 bits per heavy atom. The van der Waals surface area contributed by atoms with Gasteiger partial charge in [-0.25, -0.2) is 0 Å². The van der Waals surface area contributed by atoms with Crippen LogP contribution in [0.15, 0.2) is 0 Å². The number of rotatable bonds is 1. The Kier molecular flexibility index (Phi) is 2.51. The predicted molar refractivity (Wildman–Crippen MR) is 289 cm³/mol. The zero-order chi connectivity index (χ0) is 44.7. The maximum atomic E-state index is 10.7. The maximum absolute atomic E-state index is 10.7. The molecule has 5 aliphatic carbocycles. The van der Waals surface area contributed by atoms with Crippen molar-refractivity contribution in [3.8, 4) is 0 Å². The molecule has 0 unspecified atom stereocenters. The molecule has 33 rings (SSSR count). The van der Waals surface area contributed by atoms with E-state index in [4.69, 9.17) is 18.7 Å². The van der Waals surface area contributed by atoms with Crippen LogP contribution in [0.1, 0.15) is 35.6 Å². The first kappa shape index (κ1) is 28.8. The van der Waals surface area contributed by atoms with Crippen molar-refractivity contribution in [2.45, 2.75) is 35.2 Å². The van der Waals surface area contributed by atoms with E-state index in [1.165, 1.54) is 0 Å². The average molecular weight is 928 g/mol. The molecule has 2 spiro atoms. The second kappa shape index (κ2) is 6.27. The number of hydrogen-bond donors (Lipinski definition) is 2. The highest BCUT2D eigenvalue weighted by Gasteiger charge is 2.92. The number of hydrogen-bond acceptors (Lipinski definition) is 3. The van der Waals surface area contributed by atoms with Crippen molar-refractivity contribution in [3.05, 3.63) is 22.3 Å². The van der Waals surface area contributed by atoms with Crippen molar-refractivity contribution in [1.29, 1.82) is 0 Å². The smallest absolute Gasteiger partial charge is 0.323 e. The third kappa shape index (κ3) is 1.50. The molecule has 0 radical (unpaired) electrons. The Hall–Kier alpha value is -7.88. The Morgan fingerprint density at radius 2 is 0.403 bits per heavy atom. The molecule has 1 fully saturated rings. The van der Waals surface area contributed by atoms with E-state index < -0.39 is 21.2 Å². The van der Waals surface area contributed by atoms with Crippen LogP contribution in [0.4, 0.5) is 13.2 Å². The van der Waals surface area contributed by atoms with E-state index in [1.807, 2.05) is 0 Å². The van der Waals surface area contributed by atoms with E-state index in [0.717, 1.165) is 6.42 Å². The first-order valence-corrected chi connectivity index (χ1v) is 27.1. The molecule has 8 heteroatoms. The lowest BCUT2D eigenvalue weighted by Gasteiger charge is -2.32. The zero-order valence-corrected chi connectivity index (χ0v) is 36.9. The van der Waals surface area contributed by atoms with Crippen LogP contribution in [0.5, 0.6) is 0 Å². The molecule has 28 aromatic rings. The summed E-state index contributed by atoms with van der Waals surface area (Å²) in [5.41, 5.74) is 9.23. The SMILES string of the molecule is CCC1(N)C23c4c5c6c7c8c9c(c%10c%11c2c2c4c4c%12c5c5c6c6c8c8c%13c9c9c%10c%10c%11c%11c2c2c4c4c%12c%12c5c5c6c8c6c8c%13c9c9c%10c%10c%11c2c2c4c4c%12c5c6c5c8c9c%10c2c45)C713.O=S(=O)(O)C(F)(F)F. The number of alkyl halides is 3. The molecule has 4 nitrogen and oxygen atoms in total. The molecule has 1 saturated carbocycles. The van der Waals surface area contributed by atoms with Crippen LogP contribution >= 0.6 is 0 Å². The van der Waals surface area contributed by atoms with Crippen LogP contribution in [0.25, 0.3) is 291 Å². The maximum Gasteiger partial charge on any atom is 0.522 e. The van der Waals surface area contributed by atoms with Crippen LogP contribution in [0.2, 0.25) is 0 Å². The summed E-state index contributed by atoms with van der Waals surface area (Å²) < 4.78 is 57.5. The van der Waals surface area contributed by atoms with Gasteiger partial charge in [0.25, 0.3) is 0 Å². The zero-order valence-electron chi connectivity index (χ0n) is 36.1. The van der Waals surface area contributed by atoms with Crippen molar-refractivity contribution < 1.29 is 26.1 Å². The van der Waals surface area contributed by atoms with Gasteiger partial charge in [-0.2, -0.15) is 21.6 Å². The van der Waals surface area contributed by atoms with Gasteiger partial charge in [-0.1, -0.05) is 6.92 Å². The molecule has 314 valence electrons. The van der Waals surface area contributed by atoms with E-state index in [0.29, 0.717) is 0 Å². The molecule has 0 saturated heterocycles. The predicted octanol–water partition coefficient (Wildman–Crippen LogP) is 16.8. The van der Waals surface area contributed by atoms with Crippen LogP contribution in [0, 0.1) is 0 Å². The lowest BCUT2D eigenvalue weighted by Crippen LogP contribution is -2.33. The van der Waals surface area contributed by atoms with Crippen LogP contribution in [-0.2, 0) is 20.9 Å².